The third kappa shape index (κ3) is 3.30. The highest BCUT2D eigenvalue weighted by Gasteiger charge is 2.19. The van der Waals surface area contributed by atoms with Crippen molar-refractivity contribution in [2.75, 3.05) is 6.61 Å². The Morgan fingerprint density at radius 2 is 2.41 bits per heavy atom. The van der Waals surface area contributed by atoms with Crippen molar-refractivity contribution in [2.24, 2.45) is 0 Å². The average Bonchev–Trinajstić information content (AvgIpc) is 2.74. The molecule has 0 bridgehead atoms. The Balaban J connectivity index is 1.86. The molecule has 2 rings (SSSR count). The Hall–Kier alpha value is -0.870. The van der Waals surface area contributed by atoms with Crippen molar-refractivity contribution < 1.29 is 4.74 Å². The second kappa shape index (κ2) is 5.65. The molecule has 1 N–H and O–H groups in total. The SMILES string of the molecule is CC1CC(NCc2cncn2C(C)C)CCO1. The average molecular weight is 237 g/mol. The van der Waals surface area contributed by atoms with E-state index in [0.717, 1.165) is 26.0 Å². The summed E-state index contributed by atoms with van der Waals surface area (Å²) in [6, 6.07) is 1.05. The van der Waals surface area contributed by atoms with E-state index in [1.54, 1.807) is 0 Å². The van der Waals surface area contributed by atoms with Crippen molar-refractivity contribution in [1.29, 1.82) is 0 Å². The van der Waals surface area contributed by atoms with Gasteiger partial charge in [-0.15, -0.1) is 0 Å². The number of hydrogen-bond acceptors (Lipinski definition) is 3. The summed E-state index contributed by atoms with van der Waals surface area (Å²) in [7, 11) is 0. The third-order valence-corrected chi connectivity index (χ3v) is 3.36. The van der Waals surface area contributed by atoms with Crippen LogP contribution in [0.4, 0.5) is 0 Å². The number of ether oxygens (including phenoxy) is 1. The summed E-state index contributed by atoms with van der Waals surface area (Å²) in [5, 5.41) is 3.61. The van der Waals surface area contributed by atoms with E-state index in [-0.39, 0.29) is 0 Å². The van der Waals surface area contributed by atoms with Crippen LogP contribution in [0.1, 0.15) is 45.3 Å². The Kier molecular flexibility index (Phi) is 4.18. The van der Waals surface area contributed by atoms with Crippen LogP contribution in [0.5, 0.6) is 0 Å². The van der Waals surface area contributed by atoms with Gasteiger partial charge in [-0.2, -0.15) is 0 Å². The van der Waals surface area contributed by atoms with Gasteiger partial charge >= 0.3 is 0 Å². The molecule has 1 aromatic heterocycles. The number of nitrogens with zero attached hydrogens (tertiary/aromatic N) is 2. The number of imidazole rings is 1. The molecule has 2 heterocycles. The maximum absolute atomic E-state index is 5.55. The molecule has 0 aliphatic carbocycles. The molecule has 17 heavy (non-hydrogen) atoms. The van der Waals surface area contributed by atoms with E-state index < -0.39 is 0 Å². The molecule has 2 atom stereocenters. The quantitative estimate of drug-likeness (QED) is 0.872. The summed E-state index contributed by atoms with van der Waals surface area (Å²) >= 11 is 0. The van der Waals surface area contributed by atoms with Crippen LogP contribution >= 0.6 is 0 Å². The predicted molar refractivity (Wildman–Crippen MR) is 67.9 cm³/mol. The second-order valence-electron chi connectivity index (χ2n) is 5.17. The first-order chi connectivity index (χ1) is 8.16. The second-order valence-corrected chi connectivity index (χ2v) is 5.17. The first kappa shape index (κ1) is 12.6. The lowest BCUT2D eigenvalue weighted by atomic mass is 10.0. The zero-order valence-electron chi connectivity index (χ0n) is 11.0. The minimum Gasteiger partial charge on any atom is -0.378 e. The Morgan fingerprint density at radius 1 is 1.59 bits per heavy atom. The molecule has 1 aliphatic rings. The minimum absolute atomic E-state index is 0.385. The lowest BCUT2D eigenvalue weighted by molar-refractivity contribution is 0.0129. The lowest BCUT2D eigenvalue weighted by Crippen LogP contribution is -2.37. The fourth-order valence-corrected chi connectivity index (χ4v) is 2.37. The Bertz CT molecular complexity index is 348. The molecule has 4 heteroatoms. The summed E-state index contributed by atoms with van der Waals surface area (Å²) in [4.78, 5) is 4.22. The molecule has 1 fully saturated rings. The first-order valence-corrected chi connectivity index (χ1v) is 6.52. The van der Waals surface area contributed by atoms with E-state index in [4.69, 9.17) is 4.74 Å². The van der Waals surface area contributed by atoms with Crippen molar-refractivity contribution in [2.45, 2.75) is 58.3 Å². The molecule has 1 saturated heterocycles. The van der Waals surface area contributed by atoms with E-state index in [0.29, 0.717) is 18.2 Å². The molecule has 4 nitrogen and oxygen atoms in total. The molecule has 0 radical (unpaired) electrons. The highest BCUT2D eigenvalue weighted by Crippen LogP contribution is 2.14. The largest absolute Gasteiger partial charge is 0.378 e. The van der Waals surface area contributed by atoms with Crippen LogP contribution in [-0.2, 0) is 11.3 Å². The fourth-order valence-electron chi connectivity index (χ4n) is 2.37. The topological polar surface area (TPSA) is 39.1 Å². The van der Waals surface area contributed by atoms with Gasteiger partial charge in [0.1, 0.15) is 0 Å². The number of aromatic nitrogens is 2. The standard InChI is InChI=1S/C13H23N3O/c1-10(2)16-9-14-7-13(16)8-15-12-4-5-17-11(3)6-12/h7,9-12,15H,4-6,8H2,1-3H3. The third-order valence-electron chi connectivity index (χ3n) is 3.36. The van der Waals surface area contributed by atoms with Crippen LogP contribution in [0.25, 0.3) is 0 Å². The monoisotopic (exact) mass is 237 g/mol. The molecule has 0 amide bonds. The molecule has 0 saturated carbocycles. The molecule has 0 spiro atoms. The van der Waals surface area contributed by atoms with Crippen LogP contribution < -0.4 is 5.32 Å². The van der Waals surface area contributed by atoms with Crippen LogP contribution in [0, 0.1) is 0 Å². The summed E-state index contributed by atoms with van der Waals surface area (Å²) in [5.74, 6) is 0. The van der Waals surface area contributed by atoms with Crippen molar-refractivity contribution in [3.05, 3.63) is 18.2 Å². The van der Waals surface area contributed by atoms with Gasteiger partial charge < -0.3 is 14.6 Å². The minimum atomic E-state index is 0.385. The smallest absolute Gasteiger partial charge is 0.0951 e. The van der Waals surface area contributed by atoms with Gasteiger partial charge in [0, 0.05) is 31.4 Å². The summed E-state index contributed by atoms with van der Waals surface area (Å²) in [6.45, 7) is 8.29. The van der Waals surface area contributed by atoms with Crippen LogP contribution in [0.2, 0.25) is 0 Å². The van der Waals surface area contributed by atoms with Crippen LogP contribution in [0.15, 0.2) is 12.5 Å². The molecule has 1 aromatic rings. The van der Waals surface area contributed by atoms with Gasteiger partial charge in [-0.1, -0.05) is 0 Å². The zero-order valence-corrected chi connectivity index (χ0v) is 11.0. The van der Waals surface area contributed by atoms with Gasteiger partial charge in [-0.25, -0.2) is 4.98 Å². The highest BCUT2D eigenvalue weighted by molar-refractivity contribution is 4.99. The zero-order chi connectivity index (χ0) is 12.3. The molecular weight excluding hydrogens is 214 g/mol. The Morgan fingerprint density at radius 3 is 3.12 bits per heavy atom. The van der Waals surface area contributed by atoms with Gasteiger partial charge in [-0.05, 0) is 33.6 Å². The lowest BCUT2D eigenvalue weighted by Gasteiger charge is -2.28. The number of nitrogens with one attached hydrogen (secondary N) is 1. The van der Waals surface area contributed by atoms with E-state index in [2.05, 4.69) is 35.6 Å². The summed E-state index contributed by atoms with van der Waals surface area (Å²) in [5.41, 5.74) is 1.26. The van der Waals surface area contributed by atoms with Gasteiger partial charge in [0.25, 0.3) is 0 Å². The van der Waals surface area contributed by atoms with Crippen molar-refractivity contribution >= 4 is 0 Å². The molecular formula is C13H23N3O. The molecule has 1 aliphatic heterocycles. The van der Waals surface area contributed by atoms with E-state index >= 15 is 0 Å². The normalized spacial score (nSPS) is 25.4. The Labute approximate surface area is 103 Å². The molecule has 96 valence electrons. The van der Waals surface area contributed by atoms with E-state index in [9.17, 15) is 0 Å². The van der Waals surface area contributed by atoms with Crippen LogP contribution in [-0.4, -0.2) is 28.3 Å². The van der Waals surface area contributed by atoms with Gasteiger partial charge in [0.05, 0.1) is 18.1 Å². The van der Waals surface area contributed by atoms with Gasteiger partial charge in [0.15, 0.2) is 0 Å². The van der Waals surface area contributed by atoms with Crippen molar-refractivity contribution in [3.8, 4) is 0 Å². The van der Waals surface area contributed by atoms with Crippen LogP contribution in [0.3, 0.4) is 0 Å². The number of rotatable bonds is 4. The maximum atomic E-state index is 5.55. The first-order valence-electron chi connectivity index (χ1n) is 6.52. The molecule has 0 aromatic carbocycles. The van der Waals surface area contributed by atoms with Crippen molar-refractivity contribution in [3.63, 3.8) is 0 Å². The predicted octanol–water partition coefficient (Wildman–Crippen LogP) is 2.12. The van der Waals surface area contributed by atoms with E-state index in [1.807, 2.05) is 12.5 Å². The maximum Gasteiger partial charge on any atom is 0.0951 e. The summed E-state index contributed by atoms with van der Waals surface area (Å²) in [6.07, 6.45) is 6.47. The highest BCUT2D eigenvalue weighted by atomic mass is 16.5. The number of hydrogen-bond donors (Lipinski definition) is 1. The van der Waals surface area contributed by atoms with Gasteiger partial charge in [0.2, 0.25) is 0 Å². The molecule has 2 unspecified atom stereocenters. The van der Waals surface area contributed by atoms with Crippen molar-refractivity contribution in [1.82, 2.24) is 14.9 Å². The fraction of sp³-hybridized carbons (Fsp3) is 0.769. The van der Waals surface area contributed by atoms with E-state index in [1.165, 1.54) is 5.69 Å². The summed E-state index contributed by atoms with van der Waals surface area (Å²) < 4.78 is 7.77. The van der Waals surface area contributed by atoms with Gasteiger partial charge in [-0.3, -0.25) is 0 Å².